The Morgan fingerprint density at radius 1 is 0.933 bits per heavy atom. The molecule has 0 atom stereocenters. The average molecular weight is 202 g/mol. The van der Waals surface area contributed by atoms with E-state index in [0.717, 1.165) is 27.7 Å². The number of rotatable bonds is 0. The van der Waals surface area contributed by atoms with Crippen LogP contribution >= 0.6 is 0 Å². The van der Waals surface area contributed by atoms with Crippen LogP contribution in [0.3, 0.4) is 0 Å². The van der Waals surface area contributed by atoms with Gasteiger partial charge in [0.1, 0.15) is 11.5 Å². The summed E-state index contributed by atoms with van der Waals surface area (Å²) in [6, 6.07) is 3.68. The molecule has 1 aromatic carbocycles. The summed E-state index contributed by atoms with van der Waals surface area (Å²) in [5, 5.41) is 1.68. The van der Waals surface area contributed by atoms with E-state index in [4.69, 9.17) is 4.42 Å². The number of hydrogen-bond acceptors (Lipinski definition) is 2. The highest BCUT2D eigenvalue weighted by atomic mass is 16.3. The fourth-order valence-corrected chi connectivity index (χ4v) is 2.19. The standard InChI is InChI=1S/C13H14O2/c1-7-5-8(2)12-9(3)15-10(4)13(12)11(14)6-7/h5-6H,1-4H3. The monoisotopic (exact) mass is 202 g/mol. The minimum atomic E-state index is 0.0463. The van der Waals surface area contributed by atoms with E-state index in [1.807, 2.05) is 33.8 Å². The van der Waals surface area contributed by atoms with Gasteiger partial charge in [0.25, 0.3) is 0 Å². The van der Waals surface area contributed by atoms with E-state index in [9.17, 15) is 4.79 Å². The van der Waals surface area contributed by atoms with Crippen LogP contribution in [-0.4, -0.2) is 0 Å². The number of furan rings is 1. The van der Waals surface area contributed by atoms with Crippen LogP contribution < -0.4 is 5.43 Å². The Balaban J connectivity index is 3.16. The van der Waals surface area contributed by atoms with Crippen LogP contribution in [0.2, 0.25) is 0 Å². The predicted octanol–water partition coefficient (Wildman–Crippen LogP) is 3.03. The topological polar surface area (TPSA) is 30.2 Å². The molecule has 2 nitrogen and oxygen atoms in total. The molecule has 78 valence electrons. The minimum absolute atomic E-state index is 0.0463. The molecular formula is C13H14O2. The molecule has 1 heterocycles. The third-order valence-corrected chi connectivity index (χ3v) is 2.70. The van der Waals surface area contributed by atoms with E-state index < -0.39 is 0 Å². The van der Waals surface area contributed by atoms with Crippen LogP contribution in [0, 0.1) is 27.7 Å². The molecule has 0 bridgehead atoms. The number of aryl methyl sites for hydroxylation is 4. The maximum absolute atomic E-state index is 11.9. The molecule has 0 saturated heterocycles. The van der Waals surface area contributed by atoms with Gasteiger partial charge in [-0.3, -0.25) is 4.79 Å². The molecule has 0 aliphatic heterocycles. The Morgan fingerprint density at radius 3 is 2.20 bits per heavy atom. The lowest BCUT2D eigenvalue weighted by Gasteiger charge is -1.89. The first-order valence-corrected chi connectivity index (χ1v) is 5.02. The lowest BCUT2D eigenvalue weighted by molar-refractivity contribution is 0.510. The van der Waals surface area contributed by atoms with E-state index >= 15 is 0 Å². The second kappa shape index (κ2) is 3.23. The van der Waals surface area contributed by atoms with Crippen molar-refractivity contribution in [3.8, 4) is 0 Å². The minimum Gasteiger partial charge on any atom is -0.465 e. The maximum Gasteiger partial charge on any atom is 0.190 e. The first-order chi connectivity index (χ1) is 7.00. The summed E-state index contributed by atoms with van der Waals surface area (Å²) in [4.78, 5) is 11.9. The van der Waals surface area contributed by atoms with Gasteiger partial charge in [-0.15, -0.1) is 0 Å². The van der Waals surface area contributed by atoms with E-state index in [0.29, 0.717) is 5.76 Å². The van der Waals surface area contributed by atoms with Gasteiger partial charge in [-0.05, 0) is 44.9 Å². The Bertz CT molecular complexity index is 591. The van der Waals surface area contributed by atoms with Gasteiger partial charge in [0.2, 0.25) is 0 Å². The van der Waals surface area contributed by atoms with E-state index in [2.05, 4.69) is 0 Å². The third kappa shape index (κ3) is 1.46. The zero-order chi connectivity index (χ0) is 11.2. The molecule has 0 unspecified atom stereocenters. The summed E-state index contributed by atoms with van der Waals surface area (Å²) in [5.41, 5.74) is 2.14. The van der Waals surface area contributed by atoms with Gasteiger partial charge in [-0.25, -0.2) is 0 Å². The molecular weight excluding hydrogens is 188 g/mol. The van der Waals surface area contributed by atoms with Crippen molar-refractivity contribution in [3.05, 3.63) is 45.0 Å². The van der Waals surface area contributed by atoms with Crippen molar-refractivity contribution >= 4 is 10.8 Å². The second-order valence-electron chi connectivity index (χ2n) is 4.04. The Kier molecular flexibility index (Phi) is 2.14. The largest absolute Gasteiger partial charge is 0.465 e. The molecule has 2 aromatic rings. The molecule has 2 rings (SSSR count). The Hall–Kier alpha value is -1.57. The molecule has 15 heavy (non-hydrogen) atoms. The van der Waals surface area contributed by atoms with Gasteiger partial charge in [-0.2, -0.15) is 0 Å². The summed E-state index contributed by atoms with van der Waals surface area (Å²) in [6.45, 7) is 7.69. The molecule has 0 spiro atoms. The average Bonchev–Trinajstić information content (AvgIpc) is 2.33. The van der Waals surface area contributed by atoms with Crippen molar-refractivity contribution in [2.45, 2.75) is 27.7 Å². The zero-order valence-corrected chi connectivity index (χ0v) is 9.47. The van der Waals surface area contributed by atoms with Gasteiger partial charge < -0.3 is 4.42 Å². The molecule has 0 aliphatic rings. The van der Waals surface area contributed by atoms with E-state index in [1.54, 1.807) is 6.07 Å². The Labute approximate surface area is 88.5 Å². The molecule has 0 amide bonds. The van der Waals surface area contributed by atoms with Crippen molar-refractivity contribution < 1.29 is 4.42 Å². The van der Waals surface area contributed by atoms with E-state index in [1.165, 1.54) is 0 Å². The van der Waals surface area contributed by atoms with Gasteiger partial charge >= 0.3 is 0 Å². The highest BCUT2D eigenvalue weighted by Gasteiger charge is 2.11. The van der Waals surface area contributed by atoms with Crippen LogP contribution in [-0.2, 0) is 0 Å². The maximum atomic E-state index is 11.9. The first kappa shape index (κ1) is 9.97. The van der Waals surface area contributed by atoms with Crippen LogP contribution in [0.4, 0.5) is 0 Å². The van der Waals surface area contributed by atoms with Crippen LogP contribution in [0.5, 0.6) is 0 Å². The van der Waals surface area contributed by atoms with Gasteiger partial charge in [0, 0.05) is 5.39 Å². The third-order valence-electron chi connectivity index (χ3n) is 2.70. The van der Waals surface area contributed by atoms with Crippen molar-refractivity contribution in [1.29, 1.82) is 0 Å². The summed E-state index contributed by atoms with van der Waals surface area (Å²) in [7, 11) is 0. The molecule has 1 aromatic heterocycles. The SMILES string of the molecule is Cc1cc(C)c2c(C)oc(C)c2c(=O)c1. The van der Waals surface area contributed by atoms with Crippen molar-refractivity contribution in [1.82, 2.24) is 0 Å². The lowest BCUT2D eigenvalue weighted by atomic mass is 10.1. The summed E-state index contributed by atoms with van der Waals surface area (Å²) in [6.07, 6.45) is 0. The highest BCUT2D eigenvalue weighted by molar-refractivity contribution is 5.88. The van der Waals surface area contributed by atoms with E-state index in [-0.39, 0.29) is 5.43 Å². The number of fused-ring (bicyclic) bond motifs is 1. The second-order valence-corrected chi connectivity index (χ2v) is 4.04. The van der Waals surface area contributed by atoms with Gasteiger partial charge in [0.15, 0.2) is 5.43 Å². The molecule has 2 heteroatoms. The lowest BCUT2D eigenvalue weighted by Crippen LogP contribution is -1.95. The molecule has 0 radical (unpaired) electrons. The first-order valence-electron chi connectivity index (χ1n) is 5.02. The zero-order valence-electron chi connectivity index (χ0n) is 9.47. The highest BCUT2D eigenvalue weighted by Crippen LogP contribution is 2.24. The normalized spacial score (nSPS) is 10.9. The van der Waals surface area contributed by atoms with Gasteiger partial charge in [-0.1, -0.05) is 6.07 Å². The van der Waals surface area contributed by atoms with Crippen LogP contribution in [0.25, 0.3) is 10.8 Å². The fraction of sp³-hybridized carbons (Fsp3) is 0.308. The molecule has 0 saturated carbocycles. The van der Waals surface area contributed by atoms with Crippen LogP contribution in [0.15, 0.2) is 21.3 Å². The predicted molar refractivity (Wildman–Crippen MR) is 61.4 cm³/mol. The summed E-state index contributed by atoms with van der Waals surface area (Å²) >= 11 is 0. The van der Waals surface area contributed by atoms with Crippen molar-refractivity contribution in [3.63, 3.8) is 0 Å². The molecule has 0 fully saturated rings. The molecule has 0 N–H and O–H groups in total. The smallest absolute Gasteiger partial charge is 0.190 e. The van der Waals surface area contributed by atoms with Crippen molar-refractivity contribution in [2.75, 3.05) is 0 Å². The summed E-state index contributed by atoms with van der Waals surface area (Å²) < 4.78 is 5.51. The molecule has 0 aliphatic carbocycles. The quantitative estimate of drug-likeness (QED) is 0.657. The van der Waals surface area contributed by atoms with Crippen molar-refractivity contribution in [2.24, 2.45) is 0 Å². The number of hydrogen-bond donors (Lipinski definition) is 0. The Morgan fingerprint density at radius 2 is 1.53 bits per heavy atom. The fourth-order valence-electron chi connectivity index (χ4n) is 2.19. The van der Waals surface area contributed by atoms with Gasteiger partial charge in [0.05, 0.1) is 5.39 Å². The van der Waals surface area contributed by atoms with Crippen LogP contribution in [0.1, 0.15) is 22.6 Å². The summed E-state index contributed by atoms with van der Waals surface area (Å²) in [5.74, 6) is 1.54.